The van der Waals surface area contributed by atoms with Gasteiger partial charge in [0.25, 0.3) is 0 Å². The van der Waals surface area contributed by atoms with Gasteiger partial charge in [0.05, 0.1) is 11.3 Å². The normalized spacial score (nSPS) is 10.5. The highest BCUT2D eigenvalue weighted by molar-refractivity contribution is 9.10. The monoisotopic (exact) mass is 336 g/mol. The van der Waals surface area contributed by atoms with Gasteiger partial charge in [0.15, 0.2) is 0 Å². The summed E-state index contributed by atoms with van der Waals surface area (Å²) in [6.07, 6.45) is 0. The molecule has 2 aromatic rings. The van der Waals surface area contributed by atoms with Gasteiger partial charge < -0.3 is 5.73 Å². The van der Waals surface area contributed by atoms with Gasteiger partial charge in [-0.15, -0.1) is 5.10 Å². The highest BCUT2D eigenvalue weighted by Crippen LogP contribution is 2.30. The van der Waals surface area contributed by atoms with Crippen LogP contribution in [0, 0.1) is 19.3 Å². The molecular formula is C13H13BrN4S. The Morgan fingerprint density at radius 2 is 1.84 bits per heavy atom. The van der Waals surface area contributed by atoms with Crippen LogP contribution in [0.3, 0.4) is 0 Å². The number of aromatic nitrogens is 2. The van der Waals surface area contributed by atoms with Crippen LogP contribution in [0.25, 0.3) is 0 Å². The van der Waals surface area contributed by atoms with Gasteiger partial charge in [-0.25, -0.2) is 0 Å². The van der Waals surface area contributed by atoms with Crippen molar-refractivity contribution in [2.24, 2.45) is 5.73 Å². The van der Waals surface area contributed by atoms with Crippen molar-refractivity contribution in [3.05, 3.63) is 45.6 Å². The lowest BCUT2D eigenvalue weighted by molar-refractivity contribution is 0.872. The van der Waals surface area contributed by atoms with Crippen molar-refractivity contribution in [2.45, 2.75) is 23.8 Å². The standard InChI is InChI=1S/C13H13BrN4S/c1-7-8(2)17-18-13(11(7)12(15)16)19-10-5-3-9(14)4-6-10/h3-6H,1-2H3,(H3,15,16). The lowest BCUT2D eigenvalue weighted by Crippen LogP contribution is -2.16. The number of rotatable bonds is 3. The third kappa shape index (κ3) is 3.13. The van der Waals surface area contributed by atoms with Crippen LogP contribution in [0.5, 0.6) is 0 Å². The SMILES string of the molecule is Cc1nnc(Sc2ccc(Br)cc2)c(C(=N)N)c1C. The number of amidine groups is 1. The molecule has 0 aliphatic heterocycles. The first-order chi connectivity index (χ1) is 8.99. The first-order valence-electron chi connectivity index (χ1n) is 5.60. The van der Waals surface area contributed by atoms with E-state index < -0.39 is 0 Å². The van der Waals surface area contributed by atoms with Crippen LogP contribution in [0.4, 0.5) is 0 Å². The Kier molecular flexibility index (Phi) is 4.21. The third-order valence-electron chi connectivity index (χ3n) is 2.72. The molecule has 0 spiro atoms. The molecule has 0 radical (unpaired) electrons. The molecule has 0 saturated carbocycles. The molecule has 98 valence electrons. The van der Waals surface area contributed by atoms with E-state index in [1.807, 2.05) is 38.1 Å². The molecule has 6 heteroatoms. The molecule has 0 aliphatic carbocycles. The molecule has 0 atom stereocenters. The molecule has 0 saturated heterocycles. The van der Waals surface area contributed by atoms with E-state index in [1.54, 1.807) is 0 Å². The third-order valence-corrected chi connectivity index (χ3v) is 4.24. The number of benzene rings is 1. The molecule has 0 unspecified atom stereocenters. The fourth-order valence-corrected chi connectivity index (χ4v) is 2.80. The van der Waals surface area contributed by atoms with E-state index in [1.165, 1.54) is 11.8 Å². The van der Waals surface area contributed by atoms with Crippen molar-refractivity contribution in [3.63, 3.8) is 0 Å². The second-order valence-corrected chi connectivity index (χ2v) is 6.04. The summed E-state index contributed by atoms with van der Waals surface area (Å²) in [6, 6.07) is 7.89. The van der Waals surface area contributed by atoms with E-state index in [-0.39, 0.29) is 5.84 Å². The predicted molar refractivity (Wildman–Crippen MR) is 80.8 cm³/mol. The van der Waals surface area contributed by atoms with Crippen molar-refractivity contribution in [1.82, 2.24) is 10.2 Å². The van der Waals surface area contributed by atoms with Crippen LogP contribution in [-0.2, 0) is 0 Å². The zero-order valence-electron chi connectivity index (χ0n) is 10.6. The van der Waals surface area contributed by atoms with Gasteiger partial charge in [-0.05, 0) is 43.7 Å². The number of hydrogen-bond donors (Lipinski definition) is 2. The fourth-order valence-electron chi connectivity index (χ4n) is 1.59. The first kappa shape index (κ1) is 14.0. The Bertz CT molecular complexity index is 625. The predicted octanol–water partition coefficient (Wildman–Crippen LogP) is 3.29. The van der Waals surface area contributed by atoms with Crippen molar-refractivity contribution in [1.29, 1.82) is 5.41 Å². The van der Waals surface area contributed by atoms with Crippen LogP contribution in [0.1, 0.15) is 16.8 Å². The molecule has 2 rings (SSSR count). The van der Waals surface area contributed by atoms with Crippen molar-refractivity contribution in [3.8, 4) is 0 Å². The number of hydrogen-bond acceptors (Lipinski definition) is 4. The smallest absolute Gasteiger partial charge is 0.135 e. The van der Waals surface area contributed by atoms with Crippen LogP contribution in [0.2, 0.25) is 0 Å². The van der Waals surface area contributed by atoms with E-state index >= 15 is 0 Å². The fraction of sp³-hybridized carbons (Fsp3) is 0.154. The summed E-state index contributed by atoms with van der Waals surface area (Å²) in [5.74, 6) is 0.0233. The Balaban J connectivity index is 2.42. The Labute approximate surface area is 124 Å². The molecule has 19 heavy (non-hydrogen) atoms. The Morgan fingerprint density at radius 1 is 1.21 bits per heavy atom. The molecule has 0 aliphatic rings. The molecule has 1 heterocycles. The van der Waals surface area contributed by atoms with Gasteiger partial charge in [0.2, 0.25) is 0 Å². The Morgan fingerprint density at radius 3 is 2.42 bits per heavy atom. The van der Waals surface area contributed by atoms with Crippen molar-refractivity contribution < 1.29 is 0 Å². The van der Waals surface area contributed by atoms with Gasteiger partial charge in [-0.1, -0.05) is 27.7 Å². The molecular weight excluding hydrogens is 324 g/mol. The number of halogens is 1. The minimum atomic E-state index is 0.0233. The quantitative estimate of drug-likeness (QED) is 0.666. The molecule has 1 aromatic heterocycles. The van der Waals surface area contributed by atoms with Gasteiger partial charge in [0.1, 0.15) is 10.9 Å². The number of nitrogens with two attached hydrogens (primary N) is 1. The summed E-state index contributed by atoms with van der Waals surface area (Å²) < 4.78 is 1.02. The molecule has 0 bridgehead atoms. The van der Waals surface area contributed by atoms with E-state index in [9.17, 15) is 0 Å². The summed E-state index contributed by atoms with van der Waals surface area (Å²) in [6.45, 7) is 3.77. The molecule has 0 amide bonds. The topological polar surface area (TPSA) is 75.7 Å². The second kappa shape index (κ2) is 5.71. The Hall–Kier alpha value is -1.40. The minimum absolute atomic E-state index is 0.0233. The van der Waals surface area contributed by atoms with Crippen LogP contribution < -0.4 is 5.73 Å². The zero-order valence-corrected chi connectivity index (χ0v) is 13.0. The lowest BCUT2D eigenvalue weighted by Gasteiger charge is -2.10. The maximum Gasteiger partial charge on any atom is 0.135 e. The summed E-state index contributed by atoms with van der Waals surface area (Å²) in [7, 11) is 0. The molecule has 0 fully saturated rings. The molecule has 4 nitrogen and oxygen atoms in total. The average Bonchev–Trinajstić information content (AvgIpc) is 2.36. The molecule has 1 aromatic carbocycles. The first-order valence-corrected chi connectivity index (χ1v) is 7.21. The van der Waals surface area contributed by atoms with Gasteiger partial charge >= 0.3 is 0 Å². The zero-order chi connectivity index (χ0) is 14.0. The van der Waals surface area contributed by atoms with Crippen molar-refractivity contribution in [2.75, 3.05) is 0 Å². The van der Waals surface area contributed by atoms with Crippen LogP contribution in [-0.4, -0.2) is 16.0 Å². The number of nitrogen functional groups attached to an aromatic ring is 1. The number of nitrogens with zero attached hydrogens (tertiary/aromatic N) is 2. The van der Waals surface area contributed by atoms with Crippen LogP contribution in [0.15, 0.2) is 38.7 Å². The number of aryl methyl sites for hydroxylation is 1. The maximum atomic E-state index is 7.70. The highest BCUT2D eigenvalue weighted by atomic mass is 79.9. The highest BCUT2D eigenvalue weighted by Gasteiger charge is 2.14. The van der Waals surface area contributed by atoms with E-state index in [2.05, 4.69) is 26.1 Å². The second-order valence-electron chi connectivity index (χ2n) is 4.06. The maximum absolute atomic E-state index is 7.70. The van der Waals surface area contributed by atoms with Crippen LogP contribution >= 0.6 is 27.7 Å². The largest absolute Gasteiger partial charge is 0.384 e. The summed E-state index contributed by atoms with van der Waals surface area (Å²) in [4.78, 5) is 1.03. The van der Waals surface area contributed by atoms with Gasteiger partial charge in [0, 0.05) is 9.37 Å². The van der Waals surface area contributed by atoms with Gasteiger partial charge in [-0.3, -0.25) is 5.41 Å². The van der Waals surface area contributed by atoms with E-state index in [0.29, 0.717) is 10.6 Å². The van der Waals surface area contributed by atoms with E-state index in [0.717, 1.165) is 20.6 Å². The summed E-state index contributed by atoms with van der Waals surface area (Å²) >= 11 is 4.86. The number of nitrogens with one attached hydrogen (secondary N) is 1. The van der Waals surface area contributed by atoms with Gasteiger partial charge in [-0.2, -0.15) is 5.10 Å². The molecule has 3 N–H and O–H groups in total. The van der Waals surface area contributed by atoms with E-state index in [4.69, 9.17) is 11.1 Å². The lowest BCUT2D eigenvalue weighted by atomic mass is 10.1. The summed E-state index contributed by atoms with van der Waals surface area (Å²) in [5.41, 5.74) is 8.03. The van der Waals surface area contributed by atoms with Crippen molar-refractivity contribution >= 4 is 33.5 Å². The average molecular weight is 337 g/mol. The summed E-state index contributed by atoms with van der Waals surface area (Å²) in [5, 5.41) is 16.6. The minimum Gasteiger partial charge on any atom is -0.384 e.